The summed E-state index contributed by atoms with van der Waals surface area (Å²) < 4.78 is 26.0. The van der Waals surface area contributed by atoms with E-state index in [0.29, 0.717) is 0 Å². The first-order valence-corrected chi connectivity index (χ1v) is 8.07. The standard InChI is InChI=1S/C14H19O9Se/c1-6(15)19-5-10-11(20-7(2)16)12(21-8(3)17)13(14(24)23-10)22-9(4)18/h10-14H,5H2,1-4H3/t10-,11-,12+,13-,14+/m1/s1. The van der Waals surface area contributed by atoms with E-state index in [-0.39, 0.29) is 6.61 Å². The molecule has 0 saturated carbocycles. The molecule has 1 radical (unpaired) electrons. The zero-order chi connectivity index (χ0) is 18.4. The quantitative estimate of drug-likeness (QED) is 0.328. The van der Waals surface area contributed by atoms with E-state index in [0.717, 1.165) is 0 Å². The summed E-state index contributed by atoms with van der Waals surface area (Å²) in [6.45, 7) is 4.50. The molecular weight excluding hydrogens is 391 g/mol. The molecule has 24 heavy (non-hydrogen) atoms. The SMILES string of the molecule is CC(=O)OC[C@H]1O[C@@H]([Se])[C@H](OC(C)=O)[C@@H](OC(C)=O)[C@@H]1OC(C)=O. The molecule has 0 aliphatic carbocycles. The fraction of sp³-hybridized carbons (Fsp3) is 0.714. The Balaban J connectivity index is 3.11. The Morgan fingerprint density at radius 2 is 1.25 bits per heavy atom. The molecule has 0 aromatic rings. The van der Waals surface area contributed by atoms with Gasteiger partial charge in [-0.1, -0.05) is 0 Å². The van der Waals surface area contributed by atoms with Gasteiger partial charge in [0.2, 0.25) is 0 Å². The van der Waals surface area contributed by atoms with Crippen molar-refractivity contribution >= 4 is 39.9 Å². The molecule has 0 spiro atoms. The van der Waals surface area contributed by atoms with Crippen LogP contribution in [-0.4, -0.2) is 75.9 Å². The van der Waals surface area contributed by atoms with E-state index in [9.17, 15) is 19.2 Å². The van der Waals surface area contributed by atoms with Gasteiger partial charge in [-0.05, 0) is 0 Å². The second-order valence-electron chi connectivity index (χ2n) is 5.07. The van der Waals surface area contributed by atoms with Gasteiger partial charge in [-0.25, -0.2) is 0 Å². The molecule has 1 aliphatic heterocycles. The van der Waals surface area contributed by atoms with Gasteiger partial charge in [-0.15, -0.1) is 0 Å². The van der Waals surface area contributed by atoms with E-state index < -0.39 is 53.3 Å². The number of ether oxygens (including phenoxy) is 5. The van der Waals surface area contributed by atoms with Gasteiger partial charge in [0.15, 0.2) is 0 Å². The maximum absolute atomic E-state index is 11.4. The summed E-state index contributed by atoms with van der Waals surface area (Å²) in [5.74, 6) is -2.49. The monoisotopic (exact) mass is 411 g/mol. The van der Waals surface area contributed by atoms with Crippen LogP contribution in [-0.2, 0) is 42.9 Å². The summed E-state index contributed by atoms with van der Waals surface area (Å²) in [6, 6.07) is 0. The Morgan fingerprint density at radius 1 is 0.792 bits per heavy atom. The van der Waals surface area contributed by atoms with Crippen LogP contribution in [0.1, 0.15) is 27.7 Å². The third-order valence-electron chi connectivity index (χ3n) is 2.95. The molecule has 0 N–H and O–H groups in total. The minimum absolute atomic E-state index is 0.226. The van der Waals surface area contributed by atoms with Crippen molar-refractivity contribution in [3.63, 3.8) is 0 Å². The number of carbonyl (C=O) groups is 4. The number of rotatable bonds is 5. The van der Waals surface area contributed by atoms with Gasteiger partial charge >= 0.3 is 146 Å². The molecule has 10 heteroatoms. The normalized spacial score (nSPS) is 29.3. The average molecular weight is 410 g/mol. The summed E-state index contributed by atoms with van der Waals surface area (Å²) in [5.41, 5.74) is 0. The molecule has 1 fully saturated rings. The Kier molecular flexibility index (Phi) is 7.65. The van der Waals surface area contributed by atoms with Crippen molar-refractivity contribution in [3.05, 3.63) is 0 Å². The molecule has 0 bridgehead atoms. The van der Waals surface area contributed by atoms with Crippen LogP contribution < -0.4 is 0 Å². The van der Waals surface area contributed by atoms with E-state index in [1.165, 1.54) is 27.7 Å². The predicted octanol–water partition coefficient (Wildman–Crippen LogP) is -0.762. The summed E-state index contributed by atoms with van der Waals surface area (Å²) in [6.07, 6.45) is -4.15. The summed E-state index contributed by atoms with van der Waals surface area (Å²) in [7, 11) is 0. The van der Waals surface area contributed by atoms with Gasteiger partial charge in [0.1, 0.15) is 0 Å². The minimum atomic E-state index is -1.11. The van der Waals surface area contributed by atoms with Crippen molar-refractivity contribution in [3.8, 4) is 0 Å². The number of carbonyl (C=O) groups excluding carboxylic acids is 4. The molecule has 1 aliphatic rings. The summed E-state index contributed by atoms with van der Waals surface area (Å²) in [5, 5.41) is -0.800. The molecule has 9 nitrogen and oxygen atoms in total. The summed E-state index contributed by atoms with van der Waals surface area (Å²) >= 11 is 2.66. The first kappa shape index (κ1) is 20.4. The van der Waals surface area contributed by atoms with Crippen molar-refractivity contribution in [2.24, 2.45) is 0 Å². The van der Waals surface area contributed by atoms with Crippen molar-refractivity contribution in [2.45, 2.75) is 57.1 Å². The van der Waals surface area contributed by atoms with Crippen molar-refractivity contribution in [1.82, 2.24) is 0 Å². The van der Waals surface area contributed by atoms with E-state index in [1.807, 2.05) is 0 Å². The third-order valence-corrected chi connectivity index (χ3v) is 3.74. The van der Waals surface area contributed by atoms with Gasteiger partial charge in [0.25, 0.3) is 0 Å². The third kappa shape index (κ3) is 6.10. The molecule has 5 atom stereocenters. The van der Waals surface area contributed by atoms with E-state index >= 15 is 0 Å². The number of hydrogen-bond acceptors (Lipinski definition) is 9. The van der Waals surface area contributed by atoms with Crippen LogP contribution in [0, 0.1) is 0 Å². The van der Waals surface area contributed by atoms with Gasteiger partial charge in [0.05, 0.1) is 0 Å². The van der Waals surface area contributed by atoms with Crippen LogP contribution in [0.15, 0.2) is 0 Å². The van der Waals surface area contributed by atoms with Gasteiger partial charge in [0, 0.05) is 0 Å². The van der Waals surface area contributed by atoms with Crippen LogP contribution in [0.3, 0.4) is 0 Å². The maximum atomic E-state index is 11.4. The topological polar surface area (TPSA) is 114 Å². The first-order valence-electron chi connectivity index (χ1n) is 7.08. The first-order chi connectivity index (χ1) is 11.1. The Labute approximate surface area is 147 Å². The molecule has 1 heterocycles. The van der Waals surface area contributed by atoms with Crippen LogP contribution in [0.2, 0.25) is 0 Å². The van der Waals surface area contributed by atoms with E-state index in [4.69, 9.17) is 23.7 Å². The van der Waals surface area contributed by atoms with Gasteiger partial charge in [-0.3, -0.25) is 0 Å². The van der Waals surface area contributed by atoms with Crippen LogP contribution in [0.5, 0.6) is 0 Å². The van der Waals surface area contributed by atoms with Gasteiger partial charge in [-0.2, -0.15) is 0 Å². The zero-order valence-electron chi connectivity index (χ0n) is 13.7. The average Bonchev–Trinajstić information content (AvgIpc) is 2.42. The Hall–Kier alpha value is -1.64. The van der Waals surface area contributed by atoms with E-state index in [1.54, 1.807) is 0 Å². The Bertz CT molecular complexity index is 506. The fourth-order valence-corrected chi connectivity index (χ4v) is 2.93. The molecule has 0 aromatic heterocycles. The number of hydrogen-bond donors (Lipinski definition) is 0. The van der Waals surface area contributed by atoms with Crippen molar-refractivity contribution < 1.29 is 42.9 Å². The second kappa shape index (κ2) is 9.00. The molecule has 0 unspecified atom stereocenters. The summed E-state index contributed by atoms with van der Waals surface area (Å²) in [4.78, 5) is 45.1. The van der Waals surface area contributed by atoms with E-state index in [2.05, 4.69) is 16.0 Å². The van der Waals surface area contributed by atoms with Crippen molar-refractivity contribution in [1.29, 1.82) is 0 Å². The number of esters is 4. The molecule has 135 valence electrons. The zero-order valence-corrected chi connectivity index (χ0v) is 15.4. The second-order valence-corrected chi connectivity index (χ2v) is 6.04. The van der Waals surface area contributed by atoms with Crippen LogP contribution >= 0.6 is 0 Å². The van der Waals surface area contributed by atoms with Crippen molar-refractivity contribution in [2.75, 3.05) is 6.61 Å². The molecular formula is C14H19O9Se. The van der Waals surface area contributed by atoms with Crippen LogP contribution in [0.25, 0.3) is 0 Å². The van der Waals surface area contributed by atoms with Crippen LogP contribution in [0.4, 0.5) is 0 Å². The molecule has 0 aromatic carbocycles. The molecule has 1 saturated heterocycles. The Morgan fingerprint density at radius 3 is 1.71 bits per heavy atom. The molecule has 1 rings (SSSR count). The molecule has 0 amide bonds. The predicted molar refractivity (Wildman–Crippen MR) is 77.7 cm³/mol. The van der Waals surface area contributed by atoms with Gasteiger partial charge < -0.3 is 0 Å². The fourth-order valence-electron chi connectivity index (χ4n) is 2.19.